The van der Waals surface area contributed by atoms with Crippen LogP contribution >= 0.6 is 0 Å². The summed E-state index contributed by atoms with van der Waals surface area (Å²) in [6.45, 7) is 0. The molecule has 0 aliphatic rings. The van der Waals surface area contributed by atoms with Crippen LogP contribution in [0.25, 0.3) is 22.5 Å². The van der Waals surface area contributed by atoms with Gasteiger partial charge >= 0.3 is 5.97 Å². The lowest BCUT2D eigenvalue weighted by Gasteiger charge is -2.05. The predicted molar refractivity (Wildman–Crippen MR) is 95.3 cm³/mol. The Balaban J connectivity index is 1.63. The third-order valence-electron chi connectivity index (χ3n) is 4.04. The molecule has 2 heterocycles. The monoisotopic (exact) mass is 329 g/mol. The van der Waals surface area contributed by atoms with Crippen LogP contribution < -0.4 is 0 Å². The summed E-state index contributed by atoms with van der Waals surface area (Å²) in [5, 5.41) is 13.5. The molecule has 0 atom stereocenters. The van der Waals surface area contributed by atoms with Gasteiger partial charge in [0.15, 0.2) is 0 Å². The van der Waals surface area contributed by atoms with Crippen LogP contribution in [0, 0.1) is 0 Å². The topological polar surface area (TPSA) is 60.0 Å². The van der Waals surface area contributed by atoms with Crippen molar-refractivity contribution in [2.45, 2.75) is 0 Å². The zero-order valence-electron chi connectivity index (χ0n) is 13.3. The van der Waals surface area contributed by atoms with Crippen LogP contribution in [0.15, 0.2) is 85.5 Å². The Labute approximate surface area is 144 Å². The van der Waals surface area contributed by atoms with Gasteiger partial charge in [0.05, 0.1) is 17.4 Å². The van der Waals surface area contributed by atoms with Gasteiger partial charge in [-0.2, -0.15) is 5.10 Å². The Bertz CT molecular complexity index is 1020. The number of hydrogen-bond donors (Lipinski definition) is 1. The lowest BCUT2D eigenvalue weighted by molar-refractivity contribution is 0.0697. The first-order chi connectivity index (χ1) is 12.2. The van der Waals surface area contributed by atoms with Gasteiger partial charge in [-0.15, -0.1) is 0 Å². The SMILES string of the molecule is O=C(O)c1cccc(-c2cnn(-c3ccc(-n4cccc4)cc3)c2)c1. The highest BCUT2D eigenvalue weighted by Gasteiger charge is 2.07. The fourth-order valence-corrected chi connectivity index (χ4v) is 2.73. The van der Waals surface area contributed by atoms with Crippen LogP contribution in [-0.4, -0.2) is 25.4 Å². The van der Waals surface area contributed by atoms with Gasteiger partial charge in [0.2, 0.25) is 0 Å². The van der Waals surface area contributed by atoms with Crippen LogP contribution in [0.2, 0.25) is 0 Å². The van der Waals surface area contributed by atoms with E-state index in [4.69, 9.17) is 5.11 Å². The lowest BCUT2D eigenvalue weighted by Crippen LogP contribution is -1.96. The molecule has 5 heteroatoms. The first-order valence-electron chi connectivity index (χ1n) is 7.83. The van der Waals surface area contributed by atoms with Crippen molar-refractivity contribution >= 4 is 5.97 Å². The van der Waals surface area contributed by atoms with Crippen molar-refractivity contribution in [1.29, 1.82) is 0 Å². The Kier molecular flexibility index (Phi) is 3.67. The standard InChI is InChI=1S/C20H15N3O2/c24-20(25)16-5-3-4-15(12-16)17-13-21-23(14-17)19-8-6-18(7-9-19)22-10-1-2-11-22/h1-14H,(H,24,25). The molecule has 2 aromatic carbocycles. The summed E-state index contributed by atoms with van der Waals surface area (Å²) in [7, 11) is 0. The van der Waals surface area contributed by atoms with Gasteiger partial charge in [-0.3, -0.25) is 0 Å². The van der Waals surface area contributed by atoms with Gasteiger partial charge in [0.1, 0.15) is 0 Å². The van der Waals surface area contributed by atoms with Crippen molar-refractivity contribution in [3.8, 4) is 22.5 Å². The third kappa shape index (κ3) is 2.95. The van der Waals surface area contributed by atoms with Crippen molar-refractivity contribution in [3.05, 3.63) is 91.0 Å². The molecule has 122 valence electrons. The average Bonchev–Trinajstić information content (AvgIpc) is 3.34. The van der Waals surface area contributed by atoms with Crippen LogP contribution in [0.4, 0.5) is 0 Å². The normalized spacial score (nSPS) is 10.7. The van der Waals surface area contributed by atoms with E-state index in [2.05, 4.69) is 5.10 Å². The molecule has 0 aliphatic carbocycles. The van der Waals surface area contributed by atoms with Gasteiger partial charge in [-0.25, -0.2) is 9.48 Å². The first-order valence-corrected chi connectivity index (χ1v) is 7.83. The van der Waals surface area contributed by atoms with Gasteiger partial charge in [0.25, 0.3) is 0 Å². The van der Waals surface area contributed by atoms with Gasteiger partial charge in [-0.1, -0.05) is 12.1 Å². The molecule has 0 fully saturated rings. The summed E-state index contributed by atoms with van der Waals surface area (Å²) in [6, 6.07) is 18.9. The van der Waals surface area contributed by atoms with Crippen molar-refractivity contribution in [3.63, 3.8) is 0 Å². The minimum atomic E-state index is -0.935. The summed E-state index contributed by atoms with van der Waals surface area (Å²) in [5.41, 5.74) is 3.99. The van der Waals surface area contributed by atoms with Crippen molar-refractivity contribution in [2.75, 3.05) is 0 Å². The number of carbonyl (C=O) groups is 1. The number of aromatic carboxylic acids is 1. The van der Waals surface area contributed by atoms with E-state index in [1.54, 1.807) is 29.1 Å². The Hall–Kier alpha value is -3.60. The number of carboxylic acids is 1. The third-order valence-corrected chi connectivity index (χ3v) is 4.04. The van der Waals surface area contributed by atoms with E-state index < -0.39 is 5.97 Å². The highest BCUT2D eigenvalue weighted by molar-refractivity contribution is 5.89. The summed E-state index contributed by atoms with van der Waals surface area (Å²) in [5.74, 6) is -0.935. The highest BCUT2D eigenvalue weighted by Crippen LogP contribution is 2.22. The molecule has 0 unspecified atom stereocenters. The van der Waals surface area contributed by atoms with Gasteiger partial charge in [-0.05, 0) is 54.1 Å². The second-order valence-corrected chi connectivity index (χ2v) is 5.67. The van der Waals surface area contributed by atoms with E-state index in [1.807, 2.05) is 65.6 Å². The minimum absolute atomic E-state index is 0.265. The Morgan fingerprint density at radius 3 is 2.32 bits per heavy atom. The highest BCUT2D eigenvalue weighted by atomic mass is 16.4. The number of hydrogen-bond acceptors (Lipinski definition) is 2. The second-order valence-electron chi connectivity index (χ2n) is 5.67. The van der Waals surface area contributed by atoms with Crippen molar-refractivity contribution in [2.24, 2.45) is 0 Å². The van der Waals surface area contributed by atoms with E-state index in [0.29, 0.717) is 0 Å². The van der Waals surface area contributed by atoms with E-state index in [1.165, 1.54) is 0 Å². The summed E-state index contributed by atoms with van der Waals surface area (Å²) >= 11 is 0. The number of rotatable bonds is 4. The van der Waals surface area contributed by atoms with Gasteiger partial charge in [0, 0.05) is 29.8 Å². The van der Waals surface area contributed by atoms with Crippen LogP contribution in [0.5, 0.6) is 0 Å². The van der Waals surface area contributed by atoms with Crippen LogP contribution in [0.1, 0.15) is 10.4 Å². The number of aromatic nitrogens is 3. The maximum Gasteiger partial charge on any atom is 0.335 e. The summed E-state index contributed by atoms with van der Waals surface area (Å²) in [6.07, 6.45) is 7.62. The smallest absolute Gasteiger partial charge is 0.335 e. The number of carboxylic acid groups (broad SMARTS) is 1. The molecule has 0 spiro atoms. The molecule has 25 heavy (non-hydrogen) atoms. The van der Waals surface area contributed by atoms with Gasteiger partial charge < -0.3 is 9.67 Å². The Morgan fingerprint density at radius 2 is 1.60 bits per heavy atom. The molecule has 2 aromatic heterocycles. The van der Waals surface area contributed by atoms with E-state index >= 15 is 0 Å². The predicted octanol–water partition coefficient (Wildman–Crippen LogP) is 4.03. The maximum atomic E-state index is 11.1. The summed E-state index contributed by atoms with van der Waals surface area (Å²) < 4.78 is 3.82. The zero-order chi connectivity index (χ0) is 17.2. The average molecular weight is 329 g/mol. The molecule has 4 aromatic rings. The molecule has 0 saturated carbocycles. The number of nitrogens with zero attached hydrogens (tertiary/aromatic N) is 3. The van der Waals surface area contributed by atoms with Crippen LogP contribution in [-0.2, 0) is 0 Å². The van der Waals surface area contributed by atoms with Crippen LogP contribution in [0.3, 0.4) is 0 Å². The van der Waals surface area contributed by atoms with Crippen molar-refractivity contribution < 1.29 is 9.90 Å². The fraction of sp³-hybridized carbons (Fsp3) is 0. The van der Waals surface area contributed by atoms with E-state index in [0.717, 1.165) is 22.5 Å². The molecule has 1 N–H and O–H groups in total. The lowest BCUT2D eigenvalue weighted by atomic mass is 10.1. The second kappa shape index (κ2) is 6.13. The zero-order valence-corrected chi connectivity index (χ0v) is 13.3. The van der Waals surface area contributed by atoms with E-state index in [-0.39, 0.29) is 5.56 Å². The first kappa shape index (κ1) is 15.0. The largest absolute Gasteiger partial charge is 0.478 e. The minimum Gasteiger partial charge on any atom is -0.478 e. The molecule has 4 rings (SSSR count). The molecule has 5 nitrogen and oxygen atoms in total. The van der Waals surface area contributed by atoms with Crippen molar-refractivity contribution in [1.82, 2.24) is 14.3 Å². The Morgan fingerprint density at radius 1 is 0.880 bits per heavy atom. The maximum absolute atomic E-state index is 11.1. The molecule has 0 amide bonds. The quantitative estimate of drug-likeness (QED) is 0.615. The summed E-state index contributed by atoms with van der Waals surface area (Å²) in [4.78, 5) is 11.1. The molecule has 0 radical (unpaired) electrons. The molecule has 0 bridgehead atoms. The molecular weight excluding hydrogens is 314 g/mol. The fourth-order valence-electron chi connectivity index (χ4n) is 2.73. The molecular formula is C20H15N3O2. The number of benzene rings is 2. The molecule has 0 saturated heterocycles. The molecule has 0 aliphatic heterocycles. The van der Waals surface area contributed by atoms with E-state index in [9.17, 15) is 4.79 Å².